The van der Waals surface area contributed by atoms with Gasteiger partial charge in [0.2, 0.25) is 0 Å². The maximum Gasteiger partial charge on any atom is 0.304 e. The molecule has 20 heavy (non-hydrogen) atoms. The number of carbonyl (C=O) groups is 1. The summed E-state index contributed by atoms with van der Waals surface area (Å²) in [7, 11) is 0. The third-order valence-electron chi connectivity index (χ3n) is 4.41. The molecule has 1 aromatic rings. The minimum atomic E-state index is -0.664. The van der Waals surface area contributed by atoms with Gasteiger partial charge in [-0.3, -0.25) is 9.69 Å². The number of piperidine rings is 1. The summed E-state index contributed by atoms with van der Waals surface area (Å²) in [5.74, 6) is 1.03. The van der Waals surface area contributed by atoms with E-state index in [0.29, 0.717) is 12.3 Å². The van der Waals surface area contributed by atoms with Gasteiger partial charge in [0, 0.05) is 29.2 Å². The average molecular weight is 291 g/mol. The summed E-state index contributed by atoms with van der Waals surface area (Å²) in [5, 5.41) is 9.07. The minimum absolute atomic E-state index is 0.235. The van der Waals surface area contributed by atoms with Crippen molar-refractivity contribution >= 4 is 17.7 Å². The number of nitrogens with zero attached hydrogens (tertiary/aromatic N) is 1. The number of rotatable bonds is 4. The number of benzene rings is 1. The maximum absolute atomic E-state index is 11.0. The van der Waals surface area contributed by atoms with E-state index < -0.39 is 5.97 Å². The van der Waals surface area contributed by atoms with Gasteiger partial charge in [-0.25, -0.2) is 0 Å². The first kappa shape index (κ1) is 14.0. The third-order valence-corrected chi connectivity index (χ3v) is 5.66. The Hall–Kier alpha value is -1.00. The molecular weight excluding hydrogens is 270 g/mol. The predicted molar refractivity (Wildman–Crippen MR) is 81.4 cm³/mol. The molecule has 4 heteroatoms. The largest absolute Gasteiger partial charge is 0.481 e. The van der Waals surface area contributed by atoms with E-state index in [0.717, 1.165) is 25.3 Å². The standard InChI is InChI=1S/C16H21NO2S/c18-16(19)9-13-5-3-4-8-17(13)10-12-11-20-15-7-2-1-6-14(12)15/h1-2,6-7,12-13H,3-5,8-11H2,(H,18,19). The van der Waals surface area contributed by atoms with Crippen LogP contribution in [0.25, 0.3) is 0 Å². The third kappa shape index (κ3) is 3.01. The van der Waals surface area contributed by atoms with Crippen molar-refractivity contribution in [2.24, 2.45) is 0 Å². The second-order valence-electron chi connectivity index (χ2n) is 5.79. The summed E-state index contributed by atoms with van der Waals surface area (Å²) < 4.78 is 0. The molecule has 0 saturated carbocycles. The van der Waals surface area contributed by atoms with Crippen molar-refractivity contribution < 1.29 is 9.90 Å². The first-order valence-electron chi connectivity index (χ1n) is 7.41. The molecule has 2 aliphatic rings. The molecule has 108 valence electrons. The quantitative estimate of drug-likeness (QED) is 0.925. The molecule has 0 aromatic heterocycles. The van der Waals surface area contributed by atoms with Crippen molar-refractivity contribution in [1.29, 1.82) is 0 Å². The molecule has 2 unspecified atom stereocenters. The fourth-order valence-corrected chi connectivity index (χ4v) is 4.64. The summed E-state index contributed by atoms with van der Waals surface area (Å²) in [6, 6.07) is 8.88. The molecule has 1 aromatic carbocycles. The lowest BCUT2D eigenvalue weighted by Gasteiger charge is -2.36. The molecule has 2 aliphatic heterocycles. The van der Waals surface area contributed by atoms with E-state index >= 15 is 0 Å². The van der Waals surface area contributed by atoms with Gasteiger partial charge in [-0.15, -0.1) is 11.8 Å². The Balaban J connectivity index is 1.68. The van der Waals surface area contributed by atoms with E-state index in [-0.39, 0.29) is 6.04 Å². The van der Waals surface area contributed by atoms with Crippen molar-refractivity contribution in [1.82, 2.24) is 4.90 Å². The number of carboxylic acid groups (broad SMARTS) is 1. The molecule has 3 rings (SSSR count). The molecule has 2 heterocycles. The van der Waals surface area contributed by atoms with Crippen LogP contribution in [0.15, 0.2) is 29.2 Å². The van der Waals surface area contributed by atoms with Crippen LogP contribution in [0.2, 0.25) is 0 Å². The summed E-state index contributed by atoms with van der Waals surface area (Å²) in [4.78, 5) is 14.8. The topological polar surface area (TPSA) is 40.5 Å². The van der Waals surface area contributed by atoms with E-state index in [1.54, 1.807) is 0 Å². The SMILES string of the molecule is O=C(O)CC1CCCCN1CC1CSc2ccccc21. The van der Waals surface area contributed by atoms with Crippen LogP contribution in [0.3, 0.4) is 0 Å². The van der Waals surface area contributed by atoms with Gasteiger partial charge in [0.05, 0.1) is 6.42 Å². The fraction of sp³-hybridized carbons (Fsp3) is 0.562. The highest BCUT2D eigenvalue weighted by Gasteiger charge is 2.30. The Morgan fingerprint density at radius 3 is 3.05 bits per heavy atom. The molecule has 2 atom stereocenters. The Bertz CT molecular complexity index is 491. The predicted octanol–water partition coefficient (Wildman–Crippen LogP) is 3.21. The van der Waals surface area contributed by atoms with E-state index in [2.05, 4.69) is 29.2 Å². The van der Waals surface area contributed by atoms with Crippen LogP contribution in [-0.2, 0) is 4.79 Å². The number of fused-ring (bicyclic) bond motifs is 1. The van der Waals surface area contributed by atoms with Crippen molar-refractivity contribution in [3.8, 4) is 0 Å². The lowest BCUT2D eigenvalue weighted by Crippen LogP contribution is -2.43. The van der Waals surface area contributed by atoms with Crippen molar-refractivity contribution in [3.63, 3.8) is 0 Å². The molecule has 1 N–H and O–H groups in total. The highest BCUT2D eigenvalue weighted by Crippen LogP contribution is 2.40. The summed E-state index contributed by atoms with van der Waals surface area (Å²) in [6.45, 7) is 2.07. The first-order valence-corrected chi connectivity index (χ1v) is 8.40. The second-order valence-corrected chi connectivity index (χ2v) is 6.85. The molecule has 0 amide bonds. The summed E-state index contributed by atoms with van der Waals surface area (Å²) in [5.41, 5.74) is 1.46. The fourth-order valence-electron chi connectivity index (χ4n) is 3.40. The van der Waals surface area contributed by atoms with Gasteiger partial charge in [-0.05, 0) is 31.0 Å². The molecule has 1 saturated heterocycles. The highest BCUT2D eigenvalue weighted by atomic mass is 32.2. The van der Waals surface area contributed by atoms with Crippen LogP contribution in [0.4, 0.5) is 0 Å². The Kier molecular flexibility index (Phi) is 4.32. The number of thioether (sulfide) groups is 1. The van der Waals surface area contributed by atoms with Gasteiger partial charge in [-0.2, -0.15) is 0 Å². The maximum atomic E-state index is 11.0. The van der Waals surface area contributed by atoms with Gasteiger partial charge >= 0.3 is 5.97 Å². The number of aliphatic carboxylic acids is 1. The first-order chi connectivity index (χ1) is 9.74. The number of carboxylic acids is 1. The van der Waals surface area contributed by atoms with Crippen LogP contribution < -0.4 is 0 Å². The molecule has 0 radical (unpaired) electrons. The van der Waals surface area contributed by atoms with Crippen LogP contribution >= 0.6 is 11.8 Å². The Labute approximate surface area is 124 Å². The zero-order valence-electron chi connectivity index (χ0n) is 11.6. The number of likely N-dealkylation sites (tertiary alicyclic amines) is 1. The molecule has 1 fully saturated rings. The molecule has 0 bridgehead atoms. The van der Waals surface area contributed by atoms with Gasteiger partial charge in [-0.1, -0.05) is 24.6 Å². The highest BCUT2D eigenvalue weighted by molar-refractivity contribution is 7.99. The van der Waals surface area contributed by atoms with Crippen LogP contribution in [0.5, 0.6) is 0 Å². The van der Waals surface area contributed by atoms with E-state index in [4.69, 9.17) is 5.11 Å². The molecule has 0 aliphatic carbocycles. The van der Waals surface area contributed by atoms with Crippen LogP contribution in [0, 0.1) is 0 Å². The Morgan fingerprint density at radius 2 is 2.20 bits per heavy atom. The lowest BCUT2D eigenvalue weighted by molar-refractivity contribution is -0.138. The van der Waals surface area contributed by atoms with Crippen LogP contribution in [0.1, 0.15) is 37.2 Å². The molecular formula is C16H21NO2S. The van der Waals surface area contributed by atoms with Gasteiger partial charge in [0.1, 0.15) is 0 Å². The van der Waals surface area contributed by atoms with Crippen molar-refractivity contribution in [2.45, 2.75) is 42.5 Å². The molecule has 0 spiro atoms. The van der Waals surface area contributed by atoms with E-state index in [9.17, 15) is 4.79 Å². The zero-order valence-corrected chi connectivity index (χ0v) is 12.4. The minimum Gasteiger partial charge on any atom is -0.481 e. The van der Waals surface area contributed by atoms with Gasteiger partial charge in [0.15, 0.2) is 0 Å². The average Bonchev–Trinajstić information content (AvgIpc) is 2.84. The van der Waals surface area contributed by atoms with Crippen molar-refractivity contribution in [2.75, 3.05) is 18.8 Å². The van der Waals surface area contributed by atoms with Crippen LogP contribution in [-0.4, -0.2) is 40.9 Å². The monoisotopic (exact) mass is 291 g/mol. The normalized spacial score (nSPS) is 26.4. The van der Waals surface area contributed by atoms with Crippen molar-refractivity contribution in [3.05, 3.63) is 29.8 Å². The number of hydrogen-bond acceptors (Lipinski definition) is 3. The second kappa shape index (κ2) is 6.19. The van der Waals surface area contributed by atoms with Gasteiger partial charge in [0.25, 0.3) is 0 Å². The van der Waals surface area contributed by atoms with E-state index in [1.165, 1.54) is 23.3 Å². The lowest BCUT2D eigenvalue weighted by atomic mass is 9.95. The van der Waals surface area contributed by atoms with Gasteiger partial charge < -0.3 is 5.11 Å². The summed E-state index contributed by atoms with van der Waals surface area (Å²) in [6.07, 6.45) is 3.71. The molecule has 3 nitrogen and oxygen atoms in total. The Morgan fingerprint density at radius 1 is 1.35 bits per heavy atom. The number of hydrogen-bond donors (Lipinski definition) is 1. The smallest absolute Gasteiger partial charge is 0.304 e. The zero-order chi connectivity index (χ0) is 13.9. The van der Waals surface area contributed by atoms with E-state index in [1.807, 2.05) is 11.8 Å². The summed E-state index contributed by atoms with van der Waals surface area (Å²) >= 11 is 1.94.